The Morgan fingerprint density at radius 2 is 2.00 bits per heavy atom. The molecule has 0 atom stereocenters. The van der Waals surface area contributed by atoms with Gasteiger partial charge in [-0.1, -0.05) is 0 Å². The lowest BCUT2D eigenvalue weighted by Gasteiger charge is -1.92. The Morgan fingerprint density at radius 3 is 2.50 bits per heavy atom. The molecule has 1 aromatic carbocycles. The van der Waals surface area contributed by atoms with E-state index in [1.54, 1.807) is 12.1 Å². The average Bonchev–Trinajstić information content (AvgIpc) is 2.09. The second-order valence-corrected chi connectivity index (χ2v) is 2.93. The first-order valence-electron chi connectivity index (χ1n) is 3.10. The Morgan fingerprint density at radius 1 is 1.33 bits per heavy atom. The molecule has 12 heavy (non-hydrogen) atoms. The molecule has 0 aliphatic rings. The molecule has 4 heteroatoms. The van der Waals surface area contributed by atoms with Crippen molar-refractivity contribution in [3.63, 3.8) is 0 Å². The number of hydrogen-bond acceptors (Lipinski definition) is 4. The average molecular weight is 192 g/mol. The lowest BCUT2D eigenvalue weighted by Crippen LogP contribution is -1.66. The molecule has 0 amide bonds. The standard InChI is InChI=1S/C8H4N2S2/c9-5-12-8-3-1-7(2-4-8)10-6-11/h1-4H. The topological polar surface area (TPSA) is 36.1 Å². The van der Waals surface area contributed by atoms with Gasteiger partial charge in [-0.2, -0.15) is 10.3 Å². The molecule has 1 aromatic rings. The van der Waals surface area contributed by atoms with Crippen LogP contribution < -0.4 is 0 Å². The molecule has 58 valence electrons. The molecule has 0 radical (unpaired) electrons. The monoisotopic (exact) mass is 192 g/mol. The van der Waals surface area contributed by atoms with Gasteiger partial charge < -0.3 is 0 Å². The minimum absolute atomic E-state index is 0.757. The van der Waals surface area contributed by atoms with E-state index in [0.29, 0.717) is 0 Å². The van der Waals surface area contributed by atoms with Gasteiger partial charge in [0.2, 0.25) is 0 Å². The largest absolute Gasteiger partial charge is 0.195 e. The van der Waals surface area contributed by atoms with Crippen LogP contribution >= 0.6 is 24.0 Å². The predicted octanol–water partition coefficient (Wildman–Crippen LogP) is 2.99. The number of isothiocyanates is 1. The molecular formula is C8H4N2S2. The first-order chi connectivity index (χ1) is 5.86. The van der Waals surface area contributed by atoms with Crippen molar-refractivity contribution in [2.75, 3.05) is 0 Å². The van der Waals surface area contributed by atoms with Crippen molar-refractivity contribution in [3.8, 4) is 5.40 Å². The van der Waals surface area contributed by atoms with Crippen LogP contribution in [0.1, 0.15) is 0 Å². The molecule has 0 spiro atoms. The molecule has 0 bridgehead atoms. The second-order valence-electron chi connectivity index (χ2n) is 1.89. The van der Waals surface area contributed by atoms with Crippen molar-refractivity contribution in [2.24, 2.45) is 4.99 Å². The molecule has 0 N–H and O–H groups in total. The summed E-state index contributed by atoms with van der Waals surface area (Å²) >= 11 is 5.56. The van der Waals surface area contributed by atoms with Crippen LogP contribution in [0, 0.1) is 10.7 Å². The molecule has 0 fully saturated rings. The lowest BCUT2D eigenvalue weighted by atomic mass is 10.3. The Kier molecular flexibility index (Phi) is 3.49. The van der Waals surface area contributed by atoms with Crippen molar-refractivity contribution >= 4 is 34.8 Å². The number of rotatable bonds is 2. The van der Waals surface area contributed by atoms with Gasteiger partial charge in [0.1, 0.15) is 5.40 Å². The number of hydrogen-bond donors (Lipinski definition) is 0. The third kappa shape index (κ3) is 2.48. The van der Waals surface area contributed by atoms with Gasteiger partial charge >= 0.3 is 0 Å². The zero-order chi connectivity index (χ0) is 8.81. The molecule has 0 aliphatic carbocycles. The predicted molar refractivity (Wildman–Crippen MR) is 52.6 cm³/mol. The minimum atomic E-state index is 0.757. The highest BCUT2D eigenvalue weighted by Crippen LogP contribution is 2.19. The molecule has 0 unspecified atom stereocenters. The molecule has 2 nitrogen and oxygen atoms in total. The summed E-state index contributed by atoms with van der Waals surface area (Å²) in [5.74, 6) is 0. The van der Waals surface area contributed by atoms with Crippen molar-refractivity contribution in [1.82, 2.24) is 0 Å². The van der Waals surface area contributed by atoms with Gasteiger partial charge in [-0.15, -0.1) is 0 Å². The molecule has 1 rings (SSSR count). The molecular weight excluding hydrogens is 188 g/mol. The van der Waals surface area contributed by atoms with Gasteiger partial charge in [-0.25, -0.2) is 0 Å². The van der Waals surface area contributed by atoms with E-state index in [2.05, 4.69) is 22.4 Å². The van der Waals surface area contributed by atoms with Crippen molar-refractivity contribution in [1.29, 1.82) is 5.26 Å². The number of thioether (sulfide) groups is 1. The van der Waals surface area contributed by atoms with E-state index in [1.807, 2.05) is 17.5 Å². The maximum Gasteiger partial charge on any atom is 0.138 e. The van der Waals surface area contributed by atoms with Crippen LogP contribution in [-0.2, 0) is 0 Å². The zero-order valence-corrected chi connectivity index (χ0v) is 7.65. The fourth-order valence-corrected chi connectivity index (χ4v) is 1.18. The fraction of sp³-hybridized carbons (Fsp3) is 0. The minimum Gasteiger partial charge on any atom is -0.195 e. The highest BCUT2D eigenvalue weighted by atomic mass is 32.2. The molecule has 0 aromatic heterocycles. The van der Waals surface area contributed by atoms with Crippen LogP contribution in [0.4, 0.5) is 5.69 Å². The lowest BCUT2D eigenvalue weighted by molar-refractivity contribution is 1.43. The SMILES string of the molecule is N#CSc1ccc(N=C=S)cc1. The summed E-state index contributed by atoms with van der Waals surface area (Å²) in [6, 6.07) is 7.22. The van der Waals surface area contributed by atoms with Crippen molar-refractivity contribution < 1.29 is 0 Å². The second kappa shape index (κ2) is 4.68. The Balaban J connectivity index is 2.86. The highest BCUT2D eigenvalue weighted by molar-refractivity contribution is 8.03. The van der Waals surface area contributed by atoms with E-state index in [9.17, 15) is 0 Å². The Hall–Kier alpha value is -1.14. The van der Waals surface area contributed by atoms with Crippen LogP contribution in [0.2, 0.25) is 0 Å². The summed E-state index contributed by atoms with van der Waals surface area (Å²) in [5.41, 5.74) is 0.757. The van der Waals surface area contributed by atoms with E-state index < -0.39 is 0 Å². The molecule has 0 saturated heterocycles. The van der Waals surface area contributed by atoms with E-state index in [4.69, 9.17) is 5.26 Å². The summed E-state index contributed by atoms with van der Waals surface area (Å²) in [5, 5.41) is 12.6. The number of thiocyanates is 1. The van der Waals surface area contributed by atoms with Crippen LogP contribution in [-0.4, -0.2) is 5.16 Å². The summed E-state index contributed by atoms with van der Waals surface area (Å²) in [4.78, 5) is 4.68. The van der Waals surface area contributed by atoms with E-state index in [1.165, 1.54) is 0 Å². The number of nitrogens with zero attached hydrogens (tertiary/aromatic N) is 2. The number of benzene rings is 1. The molecule has 0 heterocycles. The third-order valence-electron chi connectivity index (χ3n) is 1.17. The van der Waals surface area contributed by atoms with Gasteiger partial charge in [-0.3, -0.25) is 0 Å². The smallest absolute Gasteiger partial charge is 0.138 e. The molecule has 0 saturated carbocycles. The summed E-state index contributed by atoms with van der Waals surface area (Å²) in [6.07, 6.45) is 0. The summed E-state index contributed by atoms with van der Waals surface area (Å²) < 4.78 is 0. The first kappa shape index (κ1) is 8.95. The Bertz CT molecular complexity index is 344. The van der Waals surface area contributed by atoms with Gasteiger partial charge in [0.25, 0.3) is 0 Å². The maximum atomic E-state index is 8.35. The van der Waals surface area contributed by atoms with Crippen molar-refractivity contribution in [2.45, 2.75) is 4.90 Å². The summed E-state index contributed by atoms with van der Waals surface area (Å²) in [7, 11) is 0. The zero-order valence-electron chi connectivity index (χ0n) is 6.02. The normalized spacial score (nSPS) is 8.25. The maximum absolute atomic E-state index is 8.35. The van der Waals surface area contributed by atoms with E-state index in [-0.39, 0.29) is 0 Å². The number of nitriles is 1. The van der Waals surface area contributed by atoms with Crippen LogP contribution in [0.15, 0.2) is 34.2 Å². The van der Waals surface area contributed by atoms with Crippen LogP contribution in [0.3, 0.4) is 0 Å². The van der Waals surface area contributed by atoms with E-state index in [0.717, 1.165) is 22.3 Å². The summed E-state index contributed by atoms with van der Waals surface area (Å²) in [6.45, 7) is 0. The third-order valence-corrected chi connectivity index (χ3v) is 1.87. The highest BCUT2D eigenvalue weighted by Gasteiger charge is 1.91. The molecule has 0 aliphatic heterocycles. The number of thiocarbonyl (C=S) groups is 1. The van der Waals surface area contributed by atoms with Crippen LogP contribution in [0.5, 0.6) is 0 Å². The quantitative estimate of drug-likeness (QED) is 0.313. The van der Waals surface area contributed by atoms with E-state index >= 15 is 0 Å². The van der Waals surface area contributed by atoms with Gasteiger partial charge in [0.15, 0.2) is 0 Å². The van der Waals surface area contributed by atoms with Gasteiger partial charge in [0.05, 0.1) is 10.8 Å². The number of aliphatic imine (C=N–C) groups is 1. The Labute approximate surface area is 79.9 Å². The van der Waals surface area contributed by atoms with Crippen LogP contribution in [0.25, 0.3) is 0 Å². The first-order valence-corrected chi connectivity index (χ1v) is 4.33. The van der Waals surface area contributed by atoms with Gasteiger partial charge in [0, 0.05) is 4.90 Å². The fourth-order valence-electron chi connectivity index (χ4n) is 0.694. The van der Waals surface area contributed by atoms with Crippen molar-refractivity contribution in [3.05, 3.63) is 24.3 Å². The van der Waals surface area contributed by atoms with Gasteiger partial charge in [-0.05, 0) is 48.2 Å².